The Bertz CT molecular complexity index is 566. The van der Waals surface area contributed by atoms with Crippen LogP contribution in [0.2, 0.25) is 5.02 Å². The molecule has 1 aromatic carbocycles. The average molecular weight is 323 g/mol. The summed E-state index contributed by atoms with van der Waals surface area (Å²) >= 11 is 5.90. The van der Waals surface area contributed by atoms with Gasteiger partial charge in [0.15, 0.2) is 0 Å². The third-order valence-electron chi connectivity index (χ3n) is 3.38. The van der Waals surface area contributed by atoms with E-state index in [2.05, 4.69) is 0 Å². The topological polar surface area (TPSA) is 49.9 Å². The molecule has 0 bridgehead atoms. The zero-order chi connectivity index (χ0) is 15.9. The summed E-state index contributed by atoms with van der Waals surface area (Å²) in [4.78, 5) is 27.1. The molecule has 0 saturated carbocycles. The number of ether oxygens (including phenoxy) is 1. The molecule has 0 N–H and O–H groups in total. The van der Waals surface area contributed by atoms with Crippen LogP contribution >= 0.6 is 11.6 Å². The summed E-state index contributed by atoms with van der Waals surface area (Å²) in [5.41, 5.74) is 0.881. The average Bonchev–Trinajstić information content (AvgIpc) is 2.53. The van der Waals surface area contributed by atoms with Crippen LogP contribution in [0.5, 0.6) is 0 Å². The highest BCUT2D eigenvalue weighted by molar-refractivity contribution is 6.30. The van der Waals surface area contributed by atoms with Crippen LogP contribution in [0.15, 0.2) is 30.3 Å². The highest BCUT2D eigenvalue weighted by atomic mass is 35.5. The lowest BCUT2D eigenvalue weighted by Crippen LogP contribution is -2.50. The second kappa shape index (κ2) is 7.84. The molecule has 1 saturated heterocycles. The van der Waals surface area contributed by atoms with Crippen LogP contribution in [0, 0.1) is 0 Å². The fourth-order valence-corrected chi connectivity index (χ4v) is 2.41. The van der Waals surface area contributed by atoms with Gasteiger partial charge in [-0.05, 0) is 30.7 Å². The summed E-state index contributed by atoms with van der Waals surface area (Å²) in [5.74, 6) is -0.0662. The largest absolute Gasteiger partial charge is 0.450 e. The minimum Gasteiger partial charge on any atom is -0.450 e. The Morgan fingerprint density at radius 2 is 1.91 bits per heavy atom. The van der Waals surface area contributed by atoms with Gasteiger partial charge in [-0.2, -0.15) is 0 Å². The zero-order valence-corrected chi connectivity index (χ0v) is 13.3. The monoisotopic (exact) mass is 322 g/mol. The maximum absolute atomic E-state index is 12.1. The van der Waals surface area contributed by atoms with Crippen LogP contribution in [-0.2, 0) is 9.53 Å². The van der Waals surface area contributed by atoms with Crippen LogP contribution in [-0.4, -0.2) is 54.6 Å². The van der Waals surface area contributed by atoms with Gasteiger partial charge in [0, 0.05) is 37.3 Å². The number of rotatable bonds is 3. The lowest BCUT2D eigenvalue weighted by molar-refractivity contribution is -0.127. The molecule has 0 atom stereocenters. The Balaban J connectivity index is 1.86. The molecule has 0 unspecified atom stereocenters. The first-order valence-electron chi connectivity index (χ1n) is 7.24. The molecule has 0 aliphatic carbocycles. The standard InChI is InChI=1S/C16H19ClN2O3/c1-2-22-16(21)19-10-8-18(9-11-19)15(20)7-6-13-4-3-5-14(17)12-13/h3-7,12H,2,8-11H2,1H3/b7-6+. The third-order valence-corrected chi connectivity index (χ3v) is 3.62. The van der Waals surface area contributed by atoms with Gasteiger partial charge < -0.3 is 14.5 Å². The van der Waals surface area contributed by atoms with Gasteiger partial charge in [0.25, 0.3) is 0 Å². The van der Waals surface area contributed by atoms with Gasteiger partial charge in [-0.3, -0.25) is 4.79 Å². The summed E-state index contributed by atoms with van der Waals surface area (Å²) in [6, 6.07) is 7.30. The molecular weight excluding hydrogens is 304 g/mol. The Morgan fingerprint density at radius 1 is 1.23 bits per heavy atom. The Kier molecular flexibility index (Phi) is 5.83. The number of hydrogen-bond donors (Lipinski definition) is 0. The molecule has 0 spiro atoms. The molecular formula is C16H19ClN2O3. The van der Waals surface area contributed by atoms with Crippen molar-refractivity contribution in [2.75, 3.05) is 32.8 Å². The number of piperazine rings is 1. The maximum atomic E-state index is 12.1. The van der Waals surface area contributed by atoms with Gasteiger partial charge in [-0.1, -0.05) is 23.7 Å². The van der Waals surface area contributed by atoms with E-state index in [-0.39, 0.29) is 12.0 Å². The number of nitrogens with zero attached hydrogens (tertiary/aromatic N) is 2. The van der Waals surface area contributed by atoms with Crippen molar-refractivity contribution in [3.05, 3.63) is 40.9 Å². The highest BCUT2D eigenvalue weighted by Crippen LogP contribution is 2.12. The summed E-state index contributed by atoms with van der Waals surface area (Å²) in [5, 5.41) is 0.637. The number of halogens is 1. The SMILES string of the molecule is CCOC(=O)N1CCN(C(=O)/C=C/c2cccc(Cl)c2)CC1. The van der Waals surface area contributed by atoms with Gasteiger partial charge >= 0.3 is 6.09 Å². The first kappa shape index (κ1) is 16.4. The van der Waals surface area contributed by atoms with Crippen molar-refractivity contribution in [3.63, 3.8) is 0 Å². The molecule has 1 fully saturated rings. The second-order valence-electron chi connectivity index (χ2n) is 4.90. The molecule has 2 amide bonds. The smallest absolute Gasteiger partial charge is 0.409 e. The lowest BCUT2D eigenvalue weighted by atomic mass is 10.2. The molecule has 5 nitrogen and oxygen atoms in total. The normalized spacial score (nSPS) is 15.2. The van der Waals surface area contributed by atoms with E-state index in [1.54, 1.807) is 34.9 Å². The fourth-order valence-electron chi connectivity index (χ4n) is 2.21. The van der Waals surface area contributed by atoms with Gasteiger partial charge in [0.1, 0.15) is 0 Å². The Labute approximate surface area is 135 Å². The maximum Gasteiger partial charge on any atom is 0.409 e. The van der Waals surface area contributed by atoms with Crippen molar-refractivity contribution in [2.45, 2.75) is 6.92 Å². The predicted octanol–water partition coefficient (Wildman–Crippen LogP) is 2.65. The number of hydrogen-bond acceptors (Lipinski definition) is 3. The summed E-state index contributed by atoms with van der Waals surface area (Å²) in [7, 11) is 0. The minimum absolute atomic E-state index is 0.0662. The molecule has 1 aliphatic heterocycles. The van der Waals surface area contributed by atoms with Crippen molar-refractivity contribution in [1.82, 2.24) is 9.80 Å². The van der Waals surface area contributed by atoms with Crippen molar-refractivity contribution in [3.8, 4) is 0 Å². The van der Waals surface area contributed by atoms with E-state index in [0.29, 0.717) is 37.8 Å². The quantitative estimate of drug-likeness (QED) is 0.804. The predicted molar refractivity (Wildman–Crippen MR) is 85.7 cm³/mol. The molecule has 0 radical (unpaired) electrons. The van der Waals surface area contributed by atoms with Crippen molar-refractivity contribution in [1.29, 1.82) is 0 Å². The molecule has 6 heteroatoms. The van der Waals surface area contributed by atoms with Gasteiger partial charge in [0.2, 0.25) is 5.91 Å². The number of benzene rings is 1. The third kappa shape index (κ3) is 4.49. The minimum atomic E-state index is -0.316. The first-order valence-corrected chi connectivity index (χ1v) is 7.62. The Morgan fingerprint density at radius 3 is 2.55 bits per heavy atom. The molecule has 1 aliphatic rings. The van der Waals surface area contributed by atoms with Gasteiger partial charge in [-0.25, -0.2) is 4.79 Å². The van der Waals surface area contributed by atoms with Crippen molar-refractivity contribution < 1.29 is 14.3 Å². The first-order chi connectivity index (χ1) is 10.6. The van der Waals surface area contributed by atoms with E-state index in [4.69, 9.17) is 16.3 Å². The summed E-state index contributed by atoms with van der Waals surface area (Å²) in [6.07, 6.45) is 2.96. The molecule has 22 heavy (non-hydrogen) atoms. The van der Waals surface area contributed by atoms with E-state index in [1.165, 1.54) is 6.08 Å². The van der Waals surface area contributed by atoms with Crippen LogP contribution in [0.1, 0.15) is 12.5 Å². The molecule has 0 aromatic heterocycles. The lowest BCUT2D eigenvalue weighted by Gasteiger charge is -2.33. The molecule has 1 heterocycles. The zero-order valence-electron chi connectivity index (χ0n) is 12.5. The van der Waals surface area contributed by atoms with E-state index < -0.39 is 0 Å². The number of carbonyl (C=O) groups excluding carboxylic acids is 2. The highest BCUT2D eigenvalue weighted by Gasteiger charge is 2.23. The molecule has 118 valence electrons. The van der Waals surface area contributed by atoms with Crippen LogP contribution in [0.3, 0.4) is 0 Å². The molecule has 2 rings (SSSR count). The van der Waals surface area contributed by atoms with E-state index in [1.807, 2.05) is 12.1 Å². The van der Waals surface area contributed by atoms with Crippen LogP contribution in [0.25, 0.3) is 6.08 Å². The summed E-state index contributed by atoms with van der Waals surface area (Å²) < 4.78 is 4.95. The number of carbonyl (C=O) groups is 2. The second-order valence-corrected chi connectivity index (χ2v) is 5.34. The van der Waals surface area contributed by atoms with E-state index in [0.717, 1.165) is 5.56 Å². The number of amides is 2. The van der Waals surface area contributed by atoms with Crippen molar-refractivity contribution in [2.24, 2.45) is 0 Å². The summed E-state index contributed by atoms with van der Waals surface area (Å²) in [6.45, 7) is 4.15. The van der Waals surface area contributed by atoms with Crippen molar-refractivity contribution >= 4 is 29.7 Å². The van der Waals surface area contributed by atoms with Gasteiger partial charge in [0.05, 0.1) is 6.61 Å². The Hall–Kier alpha value is -2.01. The van der Waals surface area contributed by atoms with Crippen LogP contribution in [0.4, 0.5) is 4.79 Å². The van der Waals surface area contributed by atoms with Gasteiger partial charge in [-0.15, -0.1) is 0 Å². The van der Waals surface area contributed by atoms with E-state index in [9.17, 15) is 9.59 Å². The molecule has 1 aromatic rings. The fraction of sp³-hybridized carbons (Fsp3) is 0.375. The van der Waals surface area contributed by atoms with E-state index >= 15 is 0 Å². The van der Waals surface area contributed by atoms with Crippen LogP contribution < -0.4 is 0 Å².